The Morgan fingerprint density at radius 3 is 2.43 bits per heavy atom. The van der Waals surface area contributed by atoms with Crippen LogP contribution in [0.5, 0.6) is 0 Å². The number of ether oxygens (including phenoxy) is 1. The van der Waals surface area contributed by atoms with Crippen molar-refractivity contribution in [2.24, 2.45) is 0 Å². The fraction of sp³-hybridized carbons (Fsp3) is 0.750. The third-order valence-corrected chi connectivity index (χ3v) is 1.41. The molecule has 0 saturated carbocycles. The first-order valence-corrected chi connectivity index (χ1v) is 4.14. The molecule has 0 rings (SSSR count). The van der Waals surface area contributed by atoms with E-state index in [4.69, 9.17) is 10.2 Å². The van der Waals surface area contributed by atoms with Crippen LogP contribution in [0.2, 0.25) is 0 Å². The predicted molar refractivity (Wildman–Crippen MR) is 55.5 cm³/mol. The first kappa shape index (κ1) is 16.1. The second-order valence-electron chi connectivity index (χ2n) is 2.63. The van der Waals surface area contributed by atoms with Crippen LogP contribution < -0.4 is 0 Å². The number of aliphatic hydroxyl groups is 1. The number of unbranched alkanes of at least 4 members (excludes halogenated alkanes) is 1. The summed E-state index contributed by atoms with van der Waals surface area (Å²) in [6, 6.07) is 0. The second kappa shape index (κ2) is 9.26. The van der Waals surface area contributed by atoms with Gasteiger partial charge in [0.05, 0.1) is 13.0 Å². The molecule has 5 nitrogen and oxygen atoms in total. The van der Waals surface area contributed by atoms with E-state index in [2.05, 4.69) is 4.74 Å². The average molecular weight is 313 g/mol. The van der Waals surface area contributed by atoms with E-state index in [1.165, 1.54) is 0 Å². The first-order valence-electron chi connectivity index (χ1n) is 4.14. The van der Waals surface area contributed by atoms with E-state index in [0.717, 1.165) is 12.8 Å². The number of carbonyl (C=O) groups is 2. The van der Waals surface area contributed by atoms with Crippen molar-refractivity contribution in [3.05, 3.63) is 0 Å². The van der Waals surface area contributed by atoms with Gasteiger partial charge in [0.2, 0.25) is 0 Å². The molecule has 0 aliphatic heterocycles. The fourth-order valence-corrected chi connectivity index (χ4v) is 0.634. The van der Waals surface area contributed by atoms with Crippen LogP contribution in [-0.2, 0) is 14.3 Å². The Balaban J connectivity index is 0. The molecule has 0 spiro atoms. The van der Waals surface area contributed by atoms with Crippen molar-refractivity contribution >= 4 is 35.8 Å². The average Bonchev–Trinajstić information content (AvgIpc) is 2.04. The van der Waals surface area contributed by atoms with Gasteiger partial charge in [0.15, 0.2) is 6.10 Å². The SMILES string of the molecule is CCCCOC(=O)CC(O)C(=O)O.[SnH4]. The zero-order valence-electron chi connectivity index (χ0n) is 7.52. The minimum atomic E-state index is -1.66. The van der Waals surface area contributed by atoms with Crippen LogP contribution in [0.4, 0.5) is 0 Å². The molecule has 0 aromatic carbocycles. The molecular formula is C8H18O5Sn. The van der Waals surface area contributed by atoms with E-state index in [9.17, 15) is 9.59 Å². The molecule has 0 heterocycles. The summed E-state index contributed by atoms with van der Waals surface area (Å²) in [6.45, 7) is 2.22. The molecule has 6 heteroatoms. The maximum absolute atomic E-state index is 10.8. The van der Waals surface area contributed by atoms with E-state index in [1.54, 1.807) is 0 Å². The molecule has 0 saturated heterocycles. The molecule has 0 aliphatic rings. The zero-order chi connectivity index (χ0) is 10.3. The summed E-state index contributed by atoms with van der Waals surface area (Å²) in [5.41, 5.74) is 0. The molecule has 0 fully saturated rings. The topological polar surface area (TPSA) is 83.8 Å². The number of carboxylic acids is 1. The Labute approximate surface area is 99.4 Å². The van der Waals surface area contributed by atoms with Crippen LogP contribution in [0, 0.1) is 0 Å². The maximum atomic E-state index is 10.8. The molecule has 0 aliphatic carbocycles. The number of aliphatic carboxylic acids is 1. The fourth-order valence-electron chi connectivity index (χ4n) is 0.634. The third-order valence-electron chi connectivity index (χ3n) is 1.41. The number of carboxylic acid groups (broad SMARTS) is 1. The number of rotatable bonds is 6. The van der Waals surface area contributed by atoms with Crippen molar-refractivity contribution in [3.8, 4) is 0 Å². The number of esters is 1. The Hall–Kier alpha value is -0.301. The van der Waals surface area contributed by atoms with Gasteiger partial charge in [-0.15, -0.1) is 0 Å². The van der Waals surface area contributed by atoms with Crippen LogP contribution in [0.15, 0.2) is 0 Å². The molecule has 0 amide bonds. The number of aliphatic hydroxyl groups excluding tert-OH is 1. The van der Waals surface area contributed by atoms with Gasteiger partial charge in [-0.1, -0.05) is 13.3 Å². The van der Waals surface area contributed by atoms with Gasteiger partial charge in [0.25, 0.3) is 0 Å². The van der Waals surface area contributed by atoms with E-state index >= 15 is 0 Å². The number of carbonyl (C=O) groups excluding carboxylic acids is 1. The Bertz CT molecular complexity index is 183. The monoisotopic (exact) mass is 314 g/mol. The second-order valence-corrected chi connectivity index (χ2v) is 2.63. The van der Waals surface area contributed by atoms with Gasteiger partial charge < -0.3 is 14.9 Å². The summed E-state index contributed by atoms with van der Waals surface area (Å²) >= 11 is 0. The molecule has 14 heavy (non-hydrogen) atoms. The summed E-state index contributed by atoms with van der Waals surface area (Å²) < 4.78 is 4.64. The van der Waals surface area contributed by atoms with Crippen molar-refractivity contribution in [2.45, 2.75) is 32.3 Å². The minimum absolute atomic E-state index is 0. The van der Waals surface area contributed by atoms with Gasteiger partial charge in [0, 0.05) is 0 Å². The van der Waals surface area contributed by atoms with Crippen molar-refractivity contribution in [3.63, 3.8) is 0 Å². The third kappa shape index (κ3) is 8.30. The summed E-state index contributed by atoms with van der Waals surface area (Å²) in [7, 11) is 0. The van der Waals surface area contributed by atoms with E-state index in [-0.39, 0.29) is 30.5 Å². The van der Waals surface area contributed by atoms with Gasteiger partial charge in [0.1, 0.15) is 0 Å². The summed E-state index contributed by atoms with van der Waals surface area (Å²) in [5, 5.41) is 17.0. The normalized spacial score (nSPS) is 11.3. The Morgan fingerprint density at radius 1 is 1.43 bits per heavy atom. The van der Waals surface area contributed by atoms with Crippen molar-refractivity contribution < 1.29 is 24.5 Å². The predicted octanol–water partition coefficient (Wildman–Crippen LogP) is -1.29. The standard InChI is InChI=1S/C8H14O5.Sn.4H/c1-2-3-4-13-7(10)5-6(9)8(11)12;;;;;/h6,9H,2-5H2,1H3,(H,11,12);;;;;. The quantitative estimate of drug-likeness (QED) is 0.362. The zero-order valence-corrected chi connectivity index (χ0v) is 7.52. The molecule has 1 atom stereocenters. The van der Waals surface area contributed by atoms with Gasteiger partial charge >= 0.3 is 35.8 Å². The van der Waals surface area contributed by atoms with Crippen LogP contribution in [0.3, 0.4) is 0 Å². The Morgan fingerprint density at radius 2 is 2.00 bits per heavy atom. The van der Waals surface area contributed by atoms with Gasteiger partial charge in [-0.3, -0.25) is 4.79 Å². The molecule has 0 bridgehead atoms. The van der Waals surface area contributed by atoms with E-state index in [1.807, 2.05) is 6.92 Å². The van der Waals surface area contributed by atoms with Crippen molar-refractivity contribution in [1.82, 2.24) is 0 Å². The van der Waals surface area contributed by atoms with Crippen LogP contribution in [0.1, 0.15) is 26.2 Å². The molecule has 0 aromatic rings. The molecule has 1 unspecified atom stereocenters. The molecule has 2 N–H and O–H groups in total. The molecular weight excluding hydrogens is 295 g/mol. The van der Waals surface area contributed by atoms with Gasteiger partial charge in [-0.25, -0.2) is 4.79 Å². The van der Waals surface area contributed by atoms with Crippen LogP contribution >= 0.6 is 0 Å². The number of hydrogen-bond donors (Lipinski definition) is 2. The molecule has 0 radical (unpaired) electrons. The van der Waals surface area contributed by atoms with Crippen molar-refractivity contribution in [2.75, 3.05) is 6.61 Å². The molecule has 84 valence electrons. The summed E-state index contributed by atoms with van der Waals surface area (Å²) in [6.07, 6.45) is -0.503. The van der Waals surface area contributed by atoms with Gasteiger partial charge in [-0.05, 0) is 6.42 Å². The van der Waals surface area contributed by atoms with E-state index in [0.29, 0.717) is 0 Å². The number of hydrogen-bond acceptors (Lipinski definition) is 4. The summed E-state index contributed by atoms with van der Waals surface area (Å²) in [4.78, 5) is 20.9. The summed E-state index contributed by atoms with van der Waals surface area (Å²) in [5.74, 6) is -2.09. The van der Waals surface area contributed by atoms with Crippen molar-refractivity contribution in [1.29, 1.82) is 0 Å². The van der Waals surface area contributed by atoms with Crippen LogP contribution in [0.25, 0.3) is 0 Å². The van der Waals surface area contributed by atoms with E-state index < -0.39 is 24.5 Å². The Kier molecular flexibility index (Phi) is 10.7. The molecule has 0 aromatic heterocycles. The first-order chi connectivity index (χ1) is 6.07. The van der Waals surface area contributed by atoms with Gasteiger partial charge in [-0.2, -0.15) is 0 Å². The van der Waals surface area contributed by atoms with Crippen LogP contribution in [-0.4, -0.2) is 58.8 Å².